The van der Waals surface area contributed by atoms with Crippen molar-refractivity contribution in [3.8, 4) is 16.9 Å². The van der Waals surface area contributed by atoms with Crippen LogP contribution in [0.3, 0.4) is 0 Å². The van der Waals surface area contributed by atoms with Crippen LogP contribution >= 0.6 is 0 Å². The van der Waals surface area contributed by atoms with Crippen LogP contribution in [0.2, 0.25) is 0 Å². The Labute approximate surface area is 617 Å². The van der Waals surface area contributed by atoms with Crippen LogP contribution < -0.4 is 14.5 Å². The van der Waals surface area contributed by atoms with Crippen molar-refractivity contribution < 1.29 is 23.0 Å². The Morgan fingerprint density at radius 3 is 2.24 bits per heavy atom. The number of ether oxygens (including phenoxy) is 3. The number of hydrogen-bond donors (Lipinski definition) is 0. The highest BCUT2D eigenvalue weighted by Gasteiger charge is 2.61. The summed E-state index contributed by atoms with van der Waals surface area (Å²) in [5, 5.41) is 0. The van der Waals surface area contributed by atoms with E-state index in [1.165, 1.54) is 67.0 Å². The van der Waals surface area contributed by atoms with Crippen molar-refractivity contribution in [3.63, 3.8) is 0 Å². The lowest BCUT2D eigenvalue weighted by molar-refractivity contribution is 0.0897. The number of rotatable bonds is 16. The maximum absolute atomic E-state index is 15.3. The first-order valence-corrected chi connectivity index (χ1v) is 38.6. The predicted octanol–water partition coefficient (Wildman–Crippen LogP) is 24.0. The smallest absolute Gasteiger partial charge is 0.123 e. The number of halogens is 2. The first kappa shape index (κ1) is 65.3. The number of allylic oxidation sites excluding steroid dienone is 32. The van der Waals surface area contributed by atoms with Crippen LogP contribution in [0, 0.1) is 53.2 Å². The first-order valence-electron chi connectivity index (χ1n) is 38.6. The van der Waals surface area contributed by atoms with Crippen molar-refractivity contribution in [2.24, 2.45) is 47.3 Å². The summed E-state index contributed by atoms with van der Waals surface area (Å²) < 4.78 is 50.9. The van der Waals surface area contributed by atoms with E-state index >= 15 is 8.78 Å². The molecule has 0 aromatic heterocycles. The van der Waals surface area contributed by atoms with Gasteiger partial charge in [0.1, 0.15) is 46.9 Å². The van der Waals surface area contributed by atoms with Crippen LogP contribution in [0.5, 0.6) is 5.75 Å². The molecule has 5 aromatic carbocycles. The van der Waals surface area contributed by atoms with Crippen molar-refractivity contribution in [2.45, 2.75) is 113 Å². The molecule has 522 valence electrons. The normalized spacial score (nSPS) is 29.7. The second kappa shape index (κ2) is 26.9. The standard InChI is InChI=1S/C98H88F2N2O3/c1-3-63-23-45-81(46-24-63)103-83-49-29-71(30-50-83)97(69-15-7-5-8-16-69)91-21-13-11-19-85(91)87-53-43-79(61-93(87)97)101(75-39-33-73(99)34-40-75)77-37-27-65-59-95-89(57-67(65)55-77)90-58-68-56-78(38-28-66(68)60-96(90)105-95)102(76-41-35-74(100)36-42-76)80-44-54-88-86-20-12-14-22-92(86)98(94(88)62-80,70-17-9-6-10-18-70)72-31-51-84(52-32-72)104-82-47-25-64(4-2)26-48-82/h3-5,7-9,11-12,14-20,22-25,27,29-31,33-35,37,39-41,43-47,49,51-58,61-62,65-66,72,83,85,87,90-91,93,96H,1-2,6,10,13,21,26,28,32,36,38,42,48,50,59-60H2. The Hall–Kier alpha value is -10.5. The Morgan fingerprint density at radius 2 is 1.45 bits per heavy atom. The maximum Gasteiger partial charge on any atom is 0.123 e. The molecule has 14 aliphatic rings. The molecule has 0 radical (unpaired) electrons. The predicted molar refractivity (Wildman–Crippen MR) is 422 cm³/mol. The molecule has 0 saturated heterocycles. The van der Waals surface area contributed by atoms with Gasteiger partial charge in [-0.3, -0.25) is 0 Å². The lowest BCUT2D eigenvalue weighted by Gasteiger charge is -2.45. The van der Waals surface area contributed by atoms with Crippen LogP contribution in [0.25, 0.3) is 17.2 Å². The summed E-state index contributed by atoms with van der Waals surface area (Å²) in [6.07, 6.45) is 72.2. The lowest BCUT2D eigenvalue weighted by atomic mass is 9.58. The fourth-order valence-corrected chi connectivity index (χ4v) is 20.8. The second-order valence-corrected chi connectivity index (χ2v) is 31.0. The molecule has 0 spiro atoms. The van der Waals surface area contributed by atoms with E-state index in [2.05, 4.69) is 242 Å². The van der Waals surface area contributed by atoms with E-state index in [4.69, 9.17) is 14.2 Å². The molecule has 7 heteroatoms. The minimum Gasteiger partial charge on any atom is -0.493 e. The van der Waals surface area contributed by atoms with Gasteiger partial charge >= 0.3 is 0 Å². The summed E-state index contributed by atoms with van der Waals surface area (Å²) in [6.45, 7) is 7.94. The molecule has 1 fully saturated rings. The van der Waals surface area contributed by atoms with E-state index < -0.39 is 5.41 Å². The van der Waals surface area contributed by atoms with Gasteiger partial charge < -0.3 is 24.0 Å². The topological polar surface area (TPSA) is 34.2 Å². The summed E-state index contributed by atoms with van der Waals surface area (Å²) in [4.78, 5) is 4.88. The van der Waals surface area contributed by atoms with E-state index in [9.17, 15) is 0 Å². The third kappa shape index (κ3) is 11.3. The van der Waals surface area contributed by atoms with Gasteiger partial charge in [-0.1, -0.05) is 183 Å². The third-order valence-electron chi connectivity index (χ3n) is 25.6. The van der Waals surface area contributed by atoms with Crippen LogP contribution in [0.1, 0.15) is 112 Å². The SMILES string of the molecule is C=CC1=CC=C(OC2=CCC(C3(C4=CCCC=C4)c4ccccc4-c4ccc(N(C5=CC=C(F)CC5)C5=CC6=CC7C8=C(CC9C=CC(N(C%10=CC%11C(C=C%10)C%10C=CCCC%10C%11(C%10=CCC(Oc%11ccc(C=C)cc%11)C=C%10)c%10ccccc%10)c%10ccc(F)cc%10)=CC9=C8)OC7CC6CC5)cc43)C=C2)CC1. The Balaban J connectivity index is 0.658. The highest BCUT2D eigenvalue weighted by molar-refractivity contribution is 5.87. The fourth-order valence-electron chi connectivity index (χ4n) is 20.8. The minimum atomic E-state index is -0.470. The van der Waals surface area contributed by atoms with Gasteiger partial charge in [-0.05, 0) is 270 Å². The van der Waals surface area contributed by atoms with Gasteiger partial charge in [-0.25, -0.2) is 8.78 Å². The van der Waals surface area contributed by atoms with Gasteiger partial charge in [-0.15, -0.1) is 0 Å². The summed E-state index contributed by atoms with van der Waals surface area (Å²) in [7, 11) is 0. The lowest BCUT2D eigenvalue weighted by Crippen LogP contribution is -2.41. The molecular formula is C98H88F2N2O3. The van der Waals surface area contributed by atoms with Crippen molar-refractivity contribution in [3.05, 3.63) is 394 Å². The molecule has 0 amide bonds. The maximum atomic E-state index is 15.3. The molecule has 1 aliphatic heterocycles. The molecule has 19 rings (SSSR count). The monoisotopic (exact) mass is 1380 g/mol. The zero-order chi connectivity index (χ0) is 70.3. The quantitative estimate of drug-likeness (QED) is 0.0920. The summed E-state index contributed by atoms with van der Waals surface area (Å²) in [5.41, 5.74) is 21.2. The van der Waals surface area contributed by atoms with Gasteiger partial charge in [0.25, 0.3) is 0 Å². The Kier molecular flexibility index (Phi) is 16.7. The van der Waals surface area contributed by atoms with Gasteiger partial charge in [-0.2, -0.15) is 0 Å². The largest absolute Gasteiger partial charge is 0.493 e. The van der Waals surface area contributed by atoms with Gasteiger partial charge in [0.15, 0.2) is 0 Å². The molecule has 0 N–H and O–H groups in total. The third-order valence-corrected chi connectivity index (χ3v) is 25.6. The summed E-state index contributed by atoms with van der Waals surface area (Å²) in [5.74, 6) is 5.29. The summed E-state index contributed by atoms with van der Waals surface area (Å²) >= 11 is 0. The molecule has 105 heavy (non-hydrogen) atoms. The van der Waals surface area contributed by atoms with Crippen molar-refractivity contribution in [1.82, 2.24) is 0 Å². The molecule has 0 bridgehead atoms. The highest BCUT2D eigenvalue weighted by Crippen LogP contribution is 2.66. The molecular weight excluding hydrogens is 1290 g/mol. The molecule has 12 atom stereocenters. The van der Waals surface area contributed by atoms with Gasteiger partial charge in [0.05, 0.1) is 5.41 Å². The molecule has 1 heterocycles. The molecule has 5 aromatic rings. The van der Waals surface area contributed by atoms with Crippen LogP contribution in [-0.4, -0.2) is 12.2 Å². The first-order chi connectivity index (χ1) is 51.7. The molecule has 13 aliphatic carbocycles. The number of benzene rings is 5. The van der Waals surface area contributed by atoms with Crippen molar-refractivity contribution in [1.29, 1.82) is 0 Å². The van der Waals surface area contributed by atoms with Crippen LogP contribution in [0.15, 0.2) is 366 Å². The minimum absolute atomic E-state index is 0.0553. The van der Waals surface area contributed by atoms with E-state index in [1.807, 2.05) is 42.5 Å². The van der Waals surface area contributed by atoms with Gasteiger partial charge in [0.2, 0.25) is 0 Å². The van der Waals surface area contributed by atoms with Crippen LogP contribution in [0.4, 0.5) is 20.2 Å². The van der Waals surface area contributed by atoms with Crippen LogP contribution in [-0.2, 0) is 20.3 Å². The number of anilines is 2. The molecule has 5 nitrogen and oxygen atoms in total. The number of nitrogens with zero attached hydrogens (tertiary/aromatic N) is 2. The zero-order valence-corrected chi connectivity index (χ0v) is 59.5. The Bertz CT molecular complexity index is 5070. The van der Waals surface area contributed by atoms with Gasteiger partial charge in [0, 0.05) is 82.7 Å². The zero-order valence-electron chi connectivity index (χ0n) is 59.5. The highest BCUT2D eigenvalue weighted by atomic mass is 19.1. The number of hydrogen-bond acceptors (Lipinski definition) is 5. The Morgan fingerprint density at radius 1 is 0.590 bits per heavy atom. The van der Waals surface area contributed by atoms with Crippen molar-refractivity contribution >= 4 is 17.5 Å². The average Bonchev–Trinajstić information content (AvgIpc) is 1.54. The second-order valence-electron chi connectivity index (χ2n) is 31.0. The van der Waals surface area contributed by atoms with E-state index in [0.29, 0.717) is 30.6 Å². The summed E-state index contributed by atoms with van der Waals surface area (Å²) in [6, 6.07) is 42.9. The van der Waals surface area contributed by atoms with E-state index in [0.717, 1.165) is 134 Å². The van der Waals surface area contributed by atoms with Crippen molar-refractivity contribution in [2.75, 3.05) is 9.80 Å². The molecule has 12 unspecified atom stereocenters. The average molecular weight is 1380 g/mol. The van der Waals surface area contributed by atoms with E-state index in [1.54, 1.807) is 18.2 Å². The number of fused-ring (bicyclic) bond motifs is 10. The molecule has 1 saturated carbocycles. The van der Waals surface area contributed by atoms with E-state index in [-0.39, 0.29) is 58.9 Å². The fraction of sp³-hybridized carbons (Fsp3) is 0.265.